The zero-order valence-electron chi connectivity index (χ0n) is 21.8. The van der Waals surface area contributed by atoms with E-state index in [1.807, 2.05) is 0 Å². The SMILES string of the molecule is c1ccc(-c2cccc(-c3cc(-c4ncnc5cc6ccccc6cc45)c4cc5ccccc5cc4c3)c2)cc1. The highest BCUT2D eigenvalue weighted by atomic mass is 14.8. The predicted octanol–water partition coefficient (Wildman–Crippen LogP) is 10.1. The molecule has 2 heteroatoms. The van der Waals surface area contributed by atoms with Crippen LogP contribution in [-0.4, -0.2) is 9.97 Å². The average molecular weight is 509 g/mol. The third kappa shape index (κ3) is 3.81. The molecule has 0 N–H and O–H groups in total. The van der Waals surface area contributed by atoms with E-state index in [0.717, 1.165) is 22.2 Å². The Kier molecular flexibility index (Phi) is 5.17. The smallest absolute Gasteiger partial charge is 0.116 e. The predicted molar refractivity (Wildman–Crippen MR) is 168 cm³/mol. The summed E-state index contributed by atoms with van der Waals surface area (Å²) >= 11 is 0. The van der Waals surface area contributed by atoms with Crippen LogP contribution in [0, 0.1) is 0 Å². The summed E-state index contributed by atoms with van der Waals surface area (Å²) in [4.78, 5) is 9.57. The molecule has 1 aromatic heterocycles. The summed E-state index contributed by atoms with van der Waals surface area (Å²) in [5.41, 5.74) is 7.80. The fraction of sp³-hybridized carbons (Fsp3) is 0. The second kappa shape index (κ2) is 9.14. The number of hydrogen-bond acceptors (Lipinski definition) is 2. The Morgan fingerprint density at radius 2 is 0.950 bits per heavy atom. The van der Waals surface area contributed by atoms with Gasteiger partial charge in [-0.15, -0.1) is 0 Å². The maximum absolute atomic E-state index is 4.90. The van der Waals surface area contributed by atoms with E-state index in [-0.39, 0.29) is 0 Å². The lowest BCUT2D eigenvalue weighted by molar-refractivity contribution is 1.23. The van der Waals surface area contributed by atoms with Gasteiger partial charge in [-0.3, -0.25) is 0 Å². The molecule has 0 aliphatic rings. The average Bonchev–Trinajstić information content (AvgIpc) is 3.02. The fourth-order valence-electron chi connectivity index (χ4n) is 5.88. The van der Waals surface area contributed by atoms with Gasteiger partial charge in [0.2, 0.25) is 0 Å². The summed E-state index contributed by atoms with van der Waals surface area (Å²) in [5.74, 6) is 0. The van der Waals surface area contributed by atoms with Crippen LogP contribution in [0.25, 0.3) is 76.7 Å². The van der Waals surface area contributed by atoms with Crippen molar-refractivity contribution in [2.24, 2.45) is 0 Å². The number of hydrogen-bond donors (Lipinski definition) is 0. The van der Waals surface area contributed by atoms with Crippen LogP contribution in [0.4, 0.5) is 0 Å². The molecule has 2 nitrogen and oxygen atoms in total. The van der Waals surface area contributed by atoms with Gasteiger partial charge in [0.1, 0.15) is 6.33 Å². The van der Waals surface area contributed by atoms with Gasteiger partial charge in [0.15, 0.2) is 0 Å². The van der Waals surface area contributed by atoms with Crippen LogP contribution in [0.15, 0.2) is 146 Å². The van der Waals surface area contributed by atoms with Gasteiger partial charge in [0.05, 0.1) is 11.2 Å². The van der Waals surface area contributed by atoms with Gasteiger partial charge in [-0.25, -0.2) is 9.97 Å². The van der Waals surface area contributed by atoms with Gasteiger partial charge >= 0.3 is 0 Å². The Bertz CT molecular complexity index is 2210. The number of benzene rings is 7. The van der Waals surface area contributed by atoms with E-state index in [9.17, 15) is 0 Å². The topological polar surface area (TPSA) is 25.8 Å². The third-order valence-corrected chi connectivity index (χ3v) is 7.88. The van der Waals surface area contributed by atoms with E-state index in [2.05, 4.69) is 145 Å². The van der Waals surface area contributed by atoms with Gasteiger partial charge in [-0.05, 0) is 97.0 Å². The van der Waals surface area contributed by atoms with Crippen LogP contribution in [0.5, 0.6) is 0 Å². The molecule has 8 rings (SSSR count). The quantitative estimate of drug-likeness (QED) is 0.222. The highest BCUT2D eigenvalue weighted by Crippen LogP contribution is 2.39. The standard InChI is InChI=1S/C38H24N2/c1-2-9-25(10-3-1)26-15-8-16-28(17-26)32-19-33-18-27-11-4-5-12-29(27)20-34(33)35(22-32)38-36-21-30-13-6-7-14-31(30)23-37(36)39-24-40-38/h1-24H. The molecule has 0 fully saturated rings. The molecule has 0 aliphatic heterocycles. The van der Waals surface area contributed by atoms with Crippen LogP contribution in [0.2, 0.25) is 0 Å². The van der Waals surface area contributed by atoms with Crippen molar-refractivity contribution in [3.63, 3.8) is 0 Å². The van der Waals surface area contributed by atoms with Gasteiger partial charge < -0.3 is 0 Å². The molecule has 0 spiro atoms. The van der Waals surface area contributed by atoms with Gasteiger partial charge in [-0.2, -0.15) is 0 Å². The third-order valence-electron chi connectivity index (χ3n) is 7.88. The lowest BCUT2D eigenvalue weighted by Gasteiger charge is -2.14. The first-order valence-corrected chi connectivity index (χ1v) is 13.6. The summed E-state index contributed by atoms with van der Waals surface area (Å²) < 4.78 is 0. The Morgan fingerprint density at radius 1 is 0.350 bits per heavy atom. The van der Waals surface area contributed by atoms with E-state index in [4.69, 9.17) is 4.98 Å². The minimum Gasteiger partial charge on any atom is -0.236 e. The molecule has 0 bridgehead atoms. The lowest BCUT2D eigenvalue weighted by atomic mass is 9.91. The van der Waals surface area contributed by atoms with Crippen molar-refractivity contribution < 1.29 is 0 Å². The molecule has 0 unspecified atom stereocenters. The maximum atomic E-state index is 4.90. The number of aromatic nitrogens is 2. The van der Waals surface area contributed by atoms with Gasteiger partial charge in [0.25, 0.3) is 0 Å². The molecule has 0 atom stereocenters. The molecule has 186 valence electrons. The van der Waals surface area contributed by atoms with Crippen molar-refractivity contribution in [3.05, 3.63) is 146 Å². The second-order valence-corrected chi connectivity index (χ2v) is 10.3. The number of fused-ring (bicyclic) bond motifs is 4. The Balaban J connectivity index is 1.43. The van der Waals surface area contributed by atoms with Crippen LogP contribution in [0.3, 0.4) is 0 Å². The van der Waals surface area contributed by atoms with Crippen LogP contribution >= 0.6 is 0 Å². The van der Waals surface area contributed by atoms with E-state index in [1.54, 1.807) is 6.33 Å². The van der Waals surface area contributed by atoms with Crippen molar-refractivity contribution >= 4 is 43.2 Å². The molecular weight excluding hydrogens is 484 g/mol. The largest absolute Gasteiger partial charge is 0.236 e. The van der Waals surface area contributed by atoms with Crippen molar-refractivity contribution in [2.45, 2.75) is 0 Å². The Labute approximate surface area is 232 Å². The van der Waals surface area contributed by atoms with E-state index < -0.39 is 0 Å². The molecule has 0 radical (unpaired) electrons. The van der Waals surface area contributed by atoms with Gasteiger partial charge in [-0.1, -0.05) is 97.1 Å². The fourth-order valence-corrected chi connectivity index (χ4v) is 5.88. The molecule has 0 amide bonds. The highest BCUT2D eigenvalue weighted by Gasteiger charge is 2.15. The normalized spacial score (nSPS) is 11.5. The number of rotatable bonds is 3. The molecule has 0 aliphatic carbocycles. The first-order valence-electron chi connectivity index (χ1n) is 13.6. The molecular formula is C38H24N2. The van der Waals surface area contributed by atoms with Crippen LogP contribution < -0.4 is 0 Å². The van der Waals surface area contributed by atoms with E-state index >= 15 is 0 Å². The van der Waals surface area contributed by atoms with Crippen molar-refractivity contribution in [3.8, 4) is 33.5 Å². The maximum Gasteiger partial charge on any atom is 0.116 e. The van der Waals surface area contributed by atoms with Gasteiger partial charge in [0, 0.05) is 10.9 Å². The Morgan fingerprint density at radius 3 is 1.70 bits per heavy atom. The minimum absolute atomic E-state index is 0.953. The summed E-state index contributed by atoms with van der Waals surface area (Å²) in [6.45, 7) is 0. The zero-order valence-corrected chi connectivity index (χ0v) is 21.8. The lowest BCUT2D eigenvalue weighted by Crippen LogP contribution is -1.92. The summed E-state index contributed by atoms with van der Waals surface area (Å²) in [6, 6.07) is 50.0. The molecule has 0 saturated heterocycles. The van der Waals surface area contributed by atoms with E-state index in [1.165, 1.54) is 54.6 Å². The second-order valence-electron chi connectivity index (χ2n) is 10.3. The summed E-state index contributed by atoms with van der Waals surface area (Å²) in [7, 11) is 0. The summed E-state index contributed by atoms with van der Waals surface area (Å²) in [5, 5.41) is 8.27. The van der Waals surface area contributed by atoms with Crippen molar-refractivity contribution in [2.75, 3.05) is 0 Å². The molecule has 0 saturated carbocycles. The van der Waals surface area contributed by atoms with E-state index in [0.29, 0.717) is 0 Å². The van der Waals surface area contributed by atoms with Crippen LogP contribution in [0.1, 0.15) is 0 Å². The Hall–Kier alpha value is -5.34. The monoisotopic (exact) mass is 508 g/mol. The number of nitrogens with zero attached hydrogens (tertiary/aromatic N) is 2. The molecule has 40 heavy (non-hydrogen) atoms. The molecule has 8 aromatic rings. The zero-order chi connectivity index (χ0) is 26.5. The molecule has 1 heterocycles. The highest BCUT2D eigenvalue weighted by molar-refractivity contribution is 6.11. The summed E-state index contributed by atoms with van der Waals surface area (Å²) in [6.07, 6.45) is 1.70. The van der Waals surface area contributed by atoms with Crippen molar-refractivity contribution in [1.82, 2.24) is 9.97 Å². The first kappa shape index (κ1) is 22.6. The van der Waals surface area contributed by atoms with Crippen LogP contribution in [-0.2, 0) is 0 Å². The minimum atomic E-state index is 0.953. The first-order chi connectivity index (χ1) is 19.8. The molecule has 7 aromatic carbocycles. The van der Waals surface area contributed by atoms with Crippen molar-refractivity contribution in [1.29, 1.82) is 0 Å².